The Kier molecular flexibility index (Phi) is 5.72. The lowest BCUT2D eigenvalue weighted by Crippen LogP contribution is -2.28. The zero-order valence-electron chi connectivity index (χ0n) is 17.1. The number of aliphatic imine (C=N–C) groups is 1. The number of anilines is 1. The van der Waals surface area contributed by atoms with Crippen molar-refractivity contribution in [3.63, 3.8) is 0 Å². The third-order valence-corrected chi connectivity index (χ3v) is 5.75. The molecule has 3 aromatic rings. The highest BCUT2D eigenvalue weighted by atomic mass is 32.2. The molecule has 0 radical (unpaired) electrons. The Morgan fingerprint density at radius 2 is 1.53 bits per heavy atom. The molecule has 0 unspecified atom stereocenters. The SMILES string of the molecule is COc1ccccc1/C=C1/SC(=Nc2ccc(C)cc2)N(c2ccc(C)cc2)C1=O. The van der Waals surface area contributed by atoms with Gasteiger partial charge in [0.05, 0.1) is 23.4 Å². The van der Waals surface area contributed by atoms with Crippen LogP contribution in [0.2, 0.25) is 0 Å². The monoisotopic (exact) mass is 414 g/mol. The molecule has 0 saturated carbocycles. The topological polar surface area (TPSA) is 41.9 Å². The maximum Gasteiger partial charge on any atom is 0.271 e. The number of hydrogen-bond acceptors (Lipinski definition) is 4. The normalized spacial score (nSPS) is 16.5. The molecule has 0 bridgehead atoms. The smallest absolute Gasteiger partial charge is 0.271 e. The van der Waals surface area contributed by atoms with E-state index in [1.54, 1.807) is 12.0 Å². The van der Waals surface area contributed by atoms with Gasteiger partial charge in [0.15, 0.2) is 5.17 Å². The number of methoxy groups -OCH3 is 1. The number of carbonyl (C=O) groups excluding carboxylic acids is 1. The third kappa shape index (κ3) is 4.16. The maximum atomic E-state index is 13.4. The van der Waals surface area contributed by atoms with Crippen molar-refractivity contribution < 1.29 is 9.53 Å². The van der Waals surface area contributed by atoms with Gasteiger partial charge < -0.3 is 4.74 Å². The second kappa shape index (κ2) is 8.59. The average molecular weight is 415 g/mol. The molecule has 0 spiro atoms. The van der Waals surface area contributed by atoms with Crippen molar-refractivity contribution in [2.24, 2.45) is 4.99 Å². The van der Waals surface area contributed by atoms with Crippen LogP contribution in [0.5, 0.6) is 5.75 Å². The van der Waals surface area contributed by atoms with Crippen LogP contribution in [0.25, 0.3) is 6.08 Å². The van der Waals surface area contributed by atoms with Crippen LogP contribution in [0.15, 0.2) is 82.7 Å². The minimum atomic E-state index is -0.0966. The predicted molar refractivity (Wildman–Crippen MR) is 126 cm³/mol. The molecule has 4 nitrogen and oxygen atoms in total. The van der Waals surface area contributed by atoms with Crippen molar-refractivity contribution in [3.05, 3.63) is 94.4 Å². The number of amides is 1. The summed E-state index contributed by atoms with van der Waals surface area (Å²) in [5.74, 6) is 0.629. The van der Waals surface area contributed by atoms with E-state index in [4.69, 9.17) is 9.73 Å². The fourth-order valence-corrected chi connectivity index (χ4v) is 4.12. The van der Waals surface area contributed by atoms with Gasteiger partial charge in [0, 0.05) is 5.56 Å². The Bertz CT molecular complexity index is 1130. The molecule has 30 heavy (non-hydrogen) atoms. The molecule has 1 heterocycles. The van der Waals surface area contributed by atoms with Gasteiger partial charge in [-0.3, -0.25) is 9.69 Å². The van der Waals surface area contributed by atoms with Crippen LogP contribution < -0.4 is 9.64 Å². The van der Waals surface area contributed by atoms with Gasteiger partial charge in [0.1, 0.15) is 5.75 Å². The number of amidine groups is 1. The van der Waals surface area contributed by atoms with Crippen LogP contribution in [-0.4, -0.2) is 18.2 Å². The summed E-state index contributed by atoms with van der Waals surface area (Å²) < 4.78 is 5.44. The van der Waals surface area contributed by atoms with Gasteiger partial charge in [0.25, 0.3) is 5.91 Å². The first-order chi connectivity index (χ1) is 14.5. The minimum Gasteiger partial charge on any atom is -0.496 e. The molecule has 1 aliphatic rings. The highest BCUT2D eigenvalue weighted by Crippen LogP contribution is 2.38. The van der Waals surface area contributed by atoms with Gasteiger partial charge in [-0.1, -0.05) is 53.6 Å². The lowest BCUT2D eigenvalue weighted by atomic mass is 10.1. The molecule has 1 fully saturated rings. The second-order valence-electron chi connectivity index (χ2n) is 7.06. The van der Waals surface area contributed by atoms with E-state index in [1.807, 2.05) is 92.7 Å². The number of ether oxygens (including phenoxy) is 1. The van der Waals surface area contributed by atoms with Crippen LogP contribution in [0, 0.1) is 13.8 Å². The molecule has 150 valence electrons. The van der Waals surface area contributed by atoms with Crippen LogP contribution in [0.3, 0.4) is 0 Å². The summed E-state index contributed by atoms with van der Waals surface area (Å²) in [5, 5.41) is 0.633. The van der Waals surface area contributed by atoms with Crippen molar-refractivity contribution in [1.82, 2.24) is 0 Å². The fraction of sp³-hybridized carbons (Fsp3) is 0.120. The molecular weight excluding hydrogens is 392 g/mol. The maximum absolute atomic E-state index is 13.4. The summed E-state index contributed by atoms with van der Waals surface area (Å²) >= 11 is 1.37. The number of thioether (sulfide) groups is 1. The van der Waals surface area contributed by atoms with E-state index in [9.17, 15) is 4.79 Å². The number of nitrogens with zero attached hydrogens (tertiary/aromatic N) is 2. The Morgan fingerprint density at radius 1 is 0.900 bits per heavy atom. The summed E-state index contributed by atoms with van der Waals surface area (Å²) in [7, 11) is 1.63. The summed E-state index contributed by atoms with van der Waals surface area (Å²) in [4.78, 5) is 20.4. The molecule has 0 N–H and O–H groups in total. The van der Waals surface area contributed by atoms with Crippen molar-refractivity contribution >= 4 is 40.3 Å². The predicted octanol–water partition coefficient (Wildman–Crippen LogP) is 6.12. The number of rotatable bonds is 4. The third-order valence-electron chi connectivity index (χ3n) is 4.78. The van der Waals surface area contributed by atoms with Crippen LogP contribution in [0.4, 0.5) is 11.4 Å². The highest BCUT2D eigenvalue weighted by Gasteiger charge is 2.34. The van der Waals surface area contributed by atoms with Crippen LogP contribution in [0.1, 0.15) is 16.7 Å². The lowest BCUT2D eigenvalue weighted by molar-refractivity contribution is -0.113. The van der Waals surface area contributed by atoms with Gasteiger partial charge in [-0.15, -0.1) is 0 Å². The Balaban J connectivity index is 1.78. The van der Waals surface area contributed by atoms with Gasteiger partial charge >= 0.3 is 0 Å². The van der Waals surface area contributed by atoms with E-state index in [0.717, 1.165) is 28.3 Å². The number of carbonyl (C=O) groups is 1. The van der Waals surface area contributed by atoms with Gasteiger partial charge in [0.2, 0.25) is 0 Å². The van der Waals surface area contributed by atoms with Crippen LogP contribution in [-0.2, 0) is 4.79 Å². The van der Waals surface area contributed by atoms with E-state index in [0.29, 0.717) is 10.1 Å². The summed E-state index contributed by atoms with van der Waals surface area (Å²) in [6, 6.07) is 23.5. The standard InChI is InChI=1S/C25H22N2O2S/c1-17-8-12-20(13-9-17)26-25-27(21-14-10-18(2)11-15-21)24(28)23(30-25)16-19-6-4-5-7-22(19)29-3/h4-16H,1-3H3/b23-16+,26-25?. The first-order valence-corrected chi connectivity index (χ1v) is 10.5. The van der Waals surface area contributed by atoms with Crippen molar-refractivity contribution in [3.8, 4) is 5.75 Å². The Morgan fingerprint density at radius 3 is 2.20 bits per heavy atom. The molecule has 3 aromatic carbocycles. The average Bonchev–Trinajstić information content (AvgIpc) is 3.05. The van der Waals surface area contributed by atoms with Crippen molar-refractivity contribution in [2.45, 2.75) is 13.8 Å². The highest BCUT2D eigenvalue weighted by molar-refractivity contribution is 8.19. The molecule has 1 amide bonds. The van der Waals surface area contributed by atoms with Gasteiger partial charge in [-0.25, -0.2) is 4.99 Å². The van der Waals surface area contributed by atoms with E-state index in [2.05, 4.69) is 0 Å². The molecule has 1 aliphatic heterocycles. The quantitative estimate of drug-likeness (QED) is 0.483. The molecule has 5 heteroatoms. The lowest BCUT2D eigenvalue weighted by Gasteiger charge is -2.16. The second-order valence-corrected chi connectivity index (χ2v) is 8.07. The molecular formula is C25H22N2O2S. The van der Waals surface area contributed by atoms with Crippen molar-refractivity contribution in [1.29, 1.82) is 0 Å². The largest absolute Gasteiger partial charge is 0.496 e. The molecule has 0 aliphatic carbocycles. The van der Waals surface area contributed by atoms with Gasteiger partial charge in [-0.05, 0) is 62.0 Å². The fourth-order valence-electron chi connectivity index (χ4n) is 3.13. The molecule has 4 rings (SSSR count). The van der Waals surface area contributed by atoms with E-state index >= 15 is 0 Å². The number of benzene rings is 3. The first kappa shape index (κ1) is 20.0. The molecule has 0 atom stereocenters. The molecule has 0 aromatic heterocycles. The number of hydrogen-bond donors (Lipinski definition) is 0. The van der Waals surface area contributed by atoms with Gasteiger partial charge in [-0.2, -0.15) is 0 Å². The Labute approximate surface area is 180 Å². The molecule has 1 saturated heterocycles. The van der Waals surface area contributed by atoms with E-state index in [-0.39, 0.29) is 5.91 Å². The first-order valence-electron chi connectivity index (χ1n) is 9.64. The van der Waals surface area contributed by atoms with Crippen LogP contribution >= 0.6 is 11.8 Å². The summed E-state index contributed by atoms with van der Waals surface area (Å²) in [6.07, 6.45) is 1.87. The summed E-state index contributed by atoms with van der Waals surface area (Å²) in [5.41, 5.74) is 4.77. The van der Waals surface area contributed by atoms with E-state index in [1.165, 1.54) is 17.3 Å². The van der Waals surface area contributed by atoms with Crippen molar-refractivity contribution in [2.75, 3.05) is 12.0 Å². The zero-order chi connectivity index (χ0) is 21.1. The van der Waals surface area contributed by atoms with E-state index < -0.39 is 0 Å². The number of aryl methyl sites for hydroxylation is 2. The summed E-state index contributed by atoms with van der Waals surface area (Å²) in [6.45, 7) is 4.07. The minimum absolute atomic E-state index is 0.0966. The number of para-hydroxylation sites is 1. The Hall–Kier alpha value is -3.31. The zero-order valence-corrected chi connectivity index (χ0v) is 17.9.